The number of nitrogens with one attached hydrogen (secondary N) is 1. The molecule has 0 bridgehead atoms. The van der Waals surface area contributed by atoms with Gasteiger partial charge in [0.05, 0.1) is 16.9 Å². The van der Waals surface area contributed by atoms with Crippen LogP contribution in [0.15, 0.2) is 35.5 Å². The van der Waals surface area contributed by atoms with Gasteiger partial charge in [-0.25, -0.2) is 23.2 Å². The molecule has 3 heterocycles. The maximum absolute atomic E-state index is 12.3. The summed E-state index contributed by atoms with van der Waals surface area (Å²) in [6, 6.07) is 4.45. The third-order valence-corrected chi connectivity index (χ3v) is 6.82. The van der Waals surface area contributed by atoms with Gasteiger partial charge in [-0.05, 0) is 18.6 Å². The molecule has 1 aromatic carbocycles. The van der Waals surface area contributed by atoms with Crippen LogP contribution in [-0.2, 0) is 19.4 Å². The first-order chi connectivity index (χ1) is 14.7. The minimum atomic E-state index is -3.33. The third-order valence-electron chi connectivity index (χ3n) is 5.40. The van der Waals surface area contributed by atoms with Gasteiger partial charge in [0.1, 0.15) is 12.4 Å². The second-order valence-electron chi connectivity index (χ2n) is 7.72. The number of likely N-dealkylation sites (tertiary alicyclic amines) is 1. The van der Waals surface area contributed by atoms with Gasteiger partial charge in [-0.2, -0.15) is 0 Å². The van der Waals surface area contributed by atoms with Gasteiger partial charge in [-0.1, -0.05) is 17.7 Å². The molecule has 31 heavy (non-hydrogen) atoms. The van der Waals surface area contributed by atoms with Gasteiger partial charge in [0.15, 0.2) is 9.84 Å². The predicted molar refractivity (Wildman–Crippen MR) is 112 cm³/mol. The summed E-state index contributed by atoms with van der Waals surface area (Å²) in [5.74, 6) is 0.746. The number of ether oxygens (including phenoxy) is 1. The van der Waals surface area contributed by atoms with Crippen molar-refractivity contribution in [3.63, 3.8) is 0 Å². The quantitative estimate of drug-likeness (QED) is 0.694. The molecule has 2 aliphatic heterocycles. The van der Waals surface area contributed by atoms with E-state index in [2.05, 4.69) is 15.3 Å². The Kier molecular flexibility index (Phi) is 5.85. The highest BCUT2D eigenvalue weighted by atomic mass is 35.5. The summed E-state index contributed by atoms with van der Waals surface area (Å²) in [6.07, 6.45) is 4.89. The van der Waals surface area contributed by atoms with Gasteiger partial charge in [-0.15, -0.1) is 0 Å². The number of rotatable bonds is 6. The summed E-state index contributed by atoms with van der Waals surface area (Å²) < 4.78 is 28.1. The molecular formula is C20H21ClN4O5S. The zero-order valence-corrected chi connectivity index (χ0v) is 18.3. The Bertz CT molecular complexity index is 1120. The Labute approximate surface area is 184 Å². The standard InChI is InChI=1S/C20H21ClN4O5S/c1-31(28,29)15-3-4-16(17(21)6-15)12-7-22-19(23-8-12)13-9-25(10-13)18(26)5-2-14-11-30-20(27)24-14/h3-4,6-8,13-14H,2,5,9-11H2,1H3,(H,24,27)/t14-/m1/s1. The predicted octanol–water partition coefficient (Wildman–Crippen LogP) is 2.01. The molecule has 0 unspecified atom stereocenters. The van der Waals surface area contributed by atoms with E-state index in [-0.39, 0.29) is 22.8 Å². The summed E-state index contributed by atoms with van der Waals surface area (Å²) >= 11 is 6.25. The maximum atomic E-state index is 12.3. The summed E-state index contributed by atoms with van der Waals surface area (Å²) in [6.45, 7) is 1.40. The van der Waals surface area contributed by atoms with Crippen molar-refractivity contribution in [2.75, 3.05) is 26.0 Å². The number of halogens is 1. The summed E-state index contributed by atoms with van der Waals surface area (Å²) in [4.78, 5) is 34.0. The van der Waals surface area contributed by atoms with E-state index in [4.69, 9.17) is 16.3 Å². The van der Waals surface area contributed by atoms with Crippen LogP contribution in [-0.4, -0.2) is 67.3 Å². The number of hydrogen-bond acceptors (Lipinski definition) is 7. The van der Waals surface area contributed by atoms with Crippen molar-refractivity contribution in [1.29, 1.82) is 0 Å². The number of aromatic nitrogens is 2. The molecule has 2 aromatic rings. The van der Waals surface area contributed by atoms with E-state index in [9.17, 15) is 18.0 Å². The van der Waals surface area contributed by atoms with Gasteiger partial charge in [0, 0.05) is 54.3 Å². The molecule has 0 radical (unpaired) electrons. The van der Waals surface area contributed by atoms with Gasteiger partial charge >= 0.3 is 6.09 Å². The SMILES string of the molecule is CS(=O)(=O)c1ccc(-c2cnc(C3CN(C(=O)CC[C@@H]4COC(=O)N4)C3)nc2)c(Cl)c1. The molecule has 1 atom stereocenters. The van der Waals surface area contributed by atoms with Gasteiger partial charge in [0.2, 0.25) is 5.91 Å². The lowest BCUT2D eigenvalue weighted by Gasteiger charge is -2.38. The fourth-order valence-electron chi connectivity index (χ4n) is 3.53. The Morgan fingerprint density at radius 2 is 2.00 bits per heavy atom. The van der Waals surface area contributed by atoms with Crippen molar-refractivity contribution >= 4 is 33.4 Å². The fourth-order valence-corrected chi connectivity index (χ4v) is 4.53. The molecule has 2 saturated heterocycles. The highest BCUT2D eigenvalue weighted by Gasteiger charge is 2.34. The number of amides is 2. The zero-order valence-electron chi connectivity index (χ0n) is 16.7. The molecule has 0 aliphatic carbocycles. The Hall–Kier alpha value is -2.72. The number of alkyl carbamates (subject to hydrolysis) is 1. The molecule has 2 amide bonds. The smallest absolute Gasteiger partial charge is 0.407 e. The van der Waals surface area contributed by atoms with Crippen molar-refractivity contribution in [2.45, 2.75) is 29.7 Å². The molecule has 0 saturated carbocycles. The third kappa shape index (κ3) is 4.80. The average Bonchev–Trinajstić information content (AvgIpc) is 3.10. The van der Waals surface area contributed by atoms with Crippen LogP contribution in [0.5, 0.6) is 0 Å². The molecule has 1 aromatic heterocycles. The number of hydrogen-bond donors (Lipinski definition) is 1. The van der Waals surface area contributed by atoms with Crippen LogP contribution in [0.2, 0.25) is 5.02 Å². The van der Waals surface area contributed by atoms with Crippen LogP contribution in [0.3, 0.4) is 0 Å². The van der Waals surface area contributed by atoms with Gasteiger partial charge in [0.25, 0.3) is 0 Å². The Morgan fingerprint density at radius 3 is 2.58 bits per heavy atom. The van der Waals surface area contributed by atoms with E-state index < -0.39 is 15.9 Å². The molecule has 164 valence electrons. The molecule has 11 heteroatoms. The number of benzene rings is 1. The zero-order chi connectivity index (χ0) is 22.2. The summed E-state index contributed by atoms with van der Waals surface area (Å²) in [5, 5.41) is 2.97. The van der Waals surface area contributed by atoms with Crippen LogP contribution in [0.1, 0.15) is 24.6 Å². The second-order valence-corrected chi connectivity index (χ2v) is 10.1. The minimum absolute atomic E-state index is 0.0340. The molecule has 2 fully saturated rings. The van der Waals surface area contributed by atoms with E-state index in [1.807, 2.05) is 0 Å². The Morgan fingerprint density at radius 1 is 1.29 bits per heavy atom. The molecular weight excluding hydrogens is 444 g/mol. The van der Waals surface area contributed by atoms with Gasteiger partial charge < -0.3 is 15.0 Å². The van der Waals surface area contributed by atoms with Crippen LogP contribution in [0.4, 0.5) is 4.79 Å². The lowest BCUT2D eigenvalue weighted by molar-refractivity contribution is -0.135. The lowest BCUT2D eigenvalue weighted by atomic mass is 9.97. The maximum Gasteiger partial charge on any atom is 0.407 e. The van der Waals surface area contributed by atoms with Crippen molar-refractivity contribution in [1.82, 2.24) is 20.2 Å². The van der Waals surface area contributed by atoms with Crippen molar-refractivity contribution in [3.8, 4) is 11.1 Å². The first-order valence-corrected chi connectivity index (χ1v) is 12.0. The molecule has 9 nitrogen and oxygen atoms in total. The molecule has 4 rings (SSSR count). The number of sulfone groups is 1. The van der Waals surface area contributed by atoms with E-state index in [0.717, 1.165) is 6.26 Å². The van der Waals surface area contributed by atoms with E-state index in [1.54, 1.807) is 23.4 Å². The number of cyclic esters (lactones) is 1. The number of carbonyl (C=O) groups is 2. The Balaban J connectivity index is 1.32. The number of carbonyl (C=O) groups excluding carboxylic acids is 2. The van der Waals surface area contributed by atoms with Gasteiger partial charge in [-0.3, -0.25) is 4.79 Å². The average molecular weight is 465 g/mol. The van der Waals surface area contributed by atoms with Crippen molar-refractivity contribution < 1.29 is 22.7 Å². The largest absolute Gasteiger partial charge is 0.447 e. The minimum Gasteiger partial charge on any atom is -0.447 e. The lowest BCUT2D eigenvalue weighted by Crippen LogP contribution is -2.49. The first kappa shape index (κ1) is 21.5. The van der Waals surface area contributed by atoms with E-state index >= 15 is 0 Å². The monoisotopic (exact) mass is 464 g/mol. The topological polar surface area (TPSA) is 119 Å². The van der Waals surface area contributed by atoms with Crippen LogP contribution >= 0.6 is 11.6 Å². The summed E-state index contributed by atoms with van der Waals surface area (Å²) in [5.41, 5.74) is 1.33. The van der Waals surface area contributed by atoms with Crippen LogP contribution in [0, 0.1) is 0 Å². The molecule has 2 aliphatic rings. The summed E-state index contributed by atoms with van der Waals surface area (Å²) in [7, 11) is -3.33. The van der Waals surface area contributed by atoms with Crippen LogP contribution < -0.4 is 5.32 Å². The van der Waals surface area contributed by atoms with E-state index in [0.29, 0.717) is 54.5 Å². The highest BCUT2D eigenvalue weighted by molar-refractivity contribution is 7.90. The second kappa shape index (κ2) is 8.43. The normalized spacial score (nSPS) is 19.0. The first-order valence-electron chi connectivity index (χ1n) is 9.73. The van der Waals surface area contributed by atoms with Crippen molar-refractivity contribution in [3.05, 3.63) is 41.4 Å². The molecule has 1 N–H and O–H groups in total. The fraction of sp³-hybridized carbons (Fsp3) is 0.400. The highest BCUT2D eigenvalue weighted by Crippen LogP contribution is 2.31. The number of nitrogens with zero attached hydrogens (tertiary/aromatic N) is 3. The van der Waals surface area contributed by atoms with E-state index in [1.165, 1.54) is 12.1 Å². The van der Waals surface area contributed by atoms with Crippen LogP contribution in [0.25, 0.3) is 11.1 Å². The van der Waals surface area contributed by atoms with Crippen molar-refractivity contribution in [2.24, 2.45) is 0 Å². The molecule has 0 spiro atoms.